The Bertz CT molecular complexity index is 684. The van der Waals surface area contributed by atoms with E-state index in [0.717, 1.165) is 29.2 Å². The fraction of sp³-hybridized carbons (Fsp3) is 0.429. The molecule has 2 bridgehead atoms. The van der Waals surface area contributed by atoms with Gasteiger partial charge < -0.3 is 15.1 Å². The molecular weight excluding hydrogens is 322 g/mol. The maximum Gasteiger partial charge on any atom is 0.274 e. The SMILES string of the molecule is O=C(NC1CC2CNC1C2)c1nccc2c(Br)coc12. The minimum atomic E-state index is -0.156. The van der Waals surface area contributed by atoms with Gasteiger partial charge in [-0.15, -0.1) is 0 Å². The van der Waals surface area contributed by atoms with Crippen molar-refractivity contribution in [1.82, 2.24) is 15.6 Å². The molecule has 0 radical (unpaired) electrons. The Hall–Kier alpha value is -1.40. The molecule has 3 unspecified atom stereocenters. The smallest absolute Gasteiger partial charge is 0.274 e. The predicted octanol–water partition coefficient (Wildman–Crippen LogP) is 2.07. The highest BCUT2D eigenvalue weighted by Gasteiger charge is 2.40. The fourth-order valence-corrected chi connectivity index (χ4v) is 3.75. The summed E-state index contributed by atoms with van der Waals surface area (Å²) in [6, 6.07) is 2.45. The number of halogens is 1. The summed E-state index contributed by atoms with van der Waals surface area (Å²) in [5, 5.41) is 7.40. The maximum atomic E-state index is 12.4. The number of hydrogen-bond donors (Lipinski definition) is 2. The van der Waals surface area contributed by atoms with Crippen molar-refractivity contribution in [2.45, 2.75) is 24.9 Å². The van der Waals surface area contributed by atoms with E-state index in [0.29, 0.717) is 23.2 Å². The second-order valence-electron chi connectivity index (χ2n) is 5.55. The Morgan fingerprint density at radius 2 is 2.40 bits per heavy atom. The molecule has 1 saturated carbocycles. The Morgan fingerprint density at radius 3 is 3.15 bits per heavy atom. The average molecular weight is 336 g/mol. The molecule has 2 aliphatic rings. The molecule has 2 N–H and O–H groups in total. The zero-order chi connectivity index (χ0) is 13.7. The van der Waals surface area contributed by atoms with Crippen molar-refractivity contribution in [3.8, 4) is 0 Å². The molecule has 1 aliphatic heterocycles. The molecule has 1 aliphatic carbocycles. The predicted molar refractivity (Wildman–Crippen MR) is 77.5 cm³/mol. The highest BCUT2D eigenvalue weighted by atomic mass is 79.9. The molecule has 5 nitrogen and oxygen atoms in total. The lowest BCUT2D eigenvalue weighted by Gasteiger charge is -2.23. The topological polar surface area (TPSA) is 67.2 Å². The lowest BCUT2D eigenvalue weighted by Crippen LogP contribution is -2.48. The Kier molecular flexibility index (Phi) is 2.82. The number of aromatic nitrogens is 1. The molecule has 2 aromatic rings. The molecule has 2 fully saturated rings. The summed E-state index contributed by atoms with van der Waals surface area (Å²) in [6.45, 7) is 1.08. The van der Waals surface area contributed by atoms with Crippen LogP contribution in [0.1, 0.15) is 23.3 Å². The van der Waals surface area contributed by atoms with Crippen LogP contribution in [0.25, 0.3) is 11.0 Å². The highest BCUT2D eigenvalue weighted by molar-refractivity contribution is 9.10. The third kappa shape index (κ3) is 1.86. The van der Waals surface area contributed by atoms with Gasteiger partial charge in [-0.3, -0.25) is 4.79 Å². The Morgan fingerprint density at radius 1 is 1.50 bits per heavy atom. The lowest BCUT2D eigenvalue weighted by molar-refractivity contribution is 0.0924. The van der Waals surface area contributed by atoms with Crippen LogP contribution in [-0.4, -0.2) is 29.5 Å². The number of carbonyl (C=O) groups excluding carboxylic acids is 1. The number of nitrogens with one attached hydrogen (secondary N) is 2. The highest BCUT2D eigenvalue weighted by Crippen LogP contribution is 2.32. The summed E-state index contributed by atoms with van der Waals surface area (Å²) in [5.74, 6) is 0.545. The van der Waals surface area contributed by atoms with E-state index in [1.807, 2.05) is 6.07 Å². The van der Waals surface area contributed by atoms with Crippen LogP contribution in [0.3, 0.4) is 0 Å². The van der Waals surface area contributed by atoms with Crippen LogP contribution in [0, 0.1) is 5.92 Å². The monoisotopic (exact) mass is 335 g/mol. The van der Waals surface area contributed by atoms with E-state index in [1.54, 1.807) is 12.5 Å². The van der Waals surface area contributed by atoms with Gasteiger partial charge in [0.2, 0.25) is 0 Å². The lowest BCUT2D eigenvalue weighted by atomic mass is 10.1. The molecular formula is C14H14BrN3O2. The van der Waals surface area contributed by atoms with E-state index in [-0.39, 0.29) is 11.9 Å². The minimum Gasteiger partial charge on any atom is -0.461 e. The first-order chi connectivity index (χ1) is 9.72. The minimum absolute atomic E-state index is 0.156. The number of nitrogens with zero attached hydrogens (tertiary/aromatic N) is 1. The van der Waals surface area contributed by atoms with Crippen molar-refractivity contribution < 1.29 is 9.21 Å². The normalized spacial score (nSPS) is 28.1. The summed E-state index contributed by atoms with van der Waals surface area (Å²) < 4.78 is 6.28. The van der Waals surface area contributed by atoms with Crippen LogP contribution in [0.4, 0.5) is 0 Å². The van der Waals surface area contributed by atoms with Gasteiger partial charge >= 0.3 is 0 Å². The maximum absolute atomic E-state index is 12.4. The largest absolute Gasteiger partial charge is 0.461 e. The zero-order valence-corrected chi connectivity index (χ0v) is 12.3. The van der Waals surface area contributed by atoms with Crippen molar-refractivity contribution in [3.63, 3.8) is 0 Å². The van der Waals surface area contributed by atoms with Crippen LogP contribution in [-0.2, 0) is 0 Å². The summed E-state index contributed by atoms with van der Waals surface area (Å²) in [6.07, 6.45) is 5.44. The molecule has 20 heavy (non-hydrogen) atoms. The molecule has 4 rings (SSSR count). The van der Waals surface area contributed by atoms with E-state index < -0.39 is 0 Å². The molecule has 3 heterocycles. The number of piperidine rings is 1. The summed E-state index contributed by atoms with van der Waals surface area (Å²) >= 11 is 3.40. The fourth-order valence-electron chi connectivity index (χ4n) is 3.34. The van der Waals surface area contributed by atoms with E-state index in [4.69, 9.17) is 4.42 Å². The van der Waals surface area contributed by atoms with E-state index in [9.17, 15) is 4.79 Å². The second kappa shape index (κ2) is 4.56. The van der Waals surface area contributed by atoms with E-state index in [1.165, 1.54) is 0 Å². The molecule has 1 saturated heterocycles. The van der Waals surface area contributed by atoms with E-state index in [2.05, 4.69) is 31.5 Å². The third-order valence-corrected chi connectivity index (χ3v) is 4.92. The van der Waals surface area contributed by atoms with Gasteiger partial charge in [-0.25, -0.2) is 4.98 Å². The van der Waals surface area contributed by atoms with Gasteiger partial charge in [-0.2, -0.15) is 0 Å². The molecule has 3 atom stereocenters. The first-order valence-electron chi connectivity index (χ1n) is 6.78. The number of amides is 1. The average Bonchev–Trinajstić information content (AvgIpc) is 3.14. The summed E-state index contributed by atoms with van der Waals surface area (Å²) in [4.78, 5) is 16.6. The van der Waals surface area contributed by atoms with Crippen molar-refractivity contribution in [2.24, 2.45) is 5.92 Å². The van der Waals surface area contributed by atoms with Crippen LogP contribution in [0.15, 0.2) is 27.4 Å². The molecule has 0 aromatic carbocycles. The number of rotatable bonds is 2. The first kappa shape index (κ1) is 12.3. The first-order valence-corrected chi connectivity index (χ1v) is 7.57. The van der Waals surface area contributed by atoms with E-state index >= 15 is 0 Å². The zero-order valence-electron chi connectivity index (χ0n) is 10.7. The quantitative estimate of drug-likeness (QED) is 0.881. The van der Waals surface area contributed by atoms with Gasteiger partial charge in [-0.05, 0) is 47.3 Å². The molecule has 0 spiro atoms. The van der Waals surface area contributed by atoms with Crippen molar-refractivity contribution in [1.29, 1.82) is 0 Å². The summed E-state index contributed by atoms with van der Waals surface area (Å²) in [7, 11) is 0. The number of hydrogen-bond acceptors (Lipinski definition) is 4. The molecule has 2 aromatic heterocycles. The van der Waals surface area contributed by atoms with Gasteiger partial charge in [0, 0.05) is 23.7 Å². The molecule has 104 valence electrons. The Labute approximate surface area is 124 Å². The summed E-state index contributed by atoms with van der Waals surface area (Å²) in [5.41, 5.74) is 0.893. The van der Waals surface area contributed by atoms with Gasteiger partial charge in [0.1, 0.15) is 6.26 Å². The van der Waals surface area contributed by atoms with Gasteiger partial charge in [0.15, 0.2) is 11.3 Å². The van der Waals surface area contributed by atoms with Crippen molar-refractivity contribution in [2.75, 3.05) is 6.54 Å². The number of fused-ring (bicyclic) bond motifs is 3. The van der Waals surface area contributed by atoms with Crippen LogP contribution in [0.5, 0.6) is 0 Å². The van der Waals surface area contributed by atoms with Crippen molar-refractivity contribution in [3.05, 3.63) is 28.7 Å². The van der Waals surface area contributed by atoms with Gasteiger partial charge in [0.25, 0.3) is 5.91 Å². The van der Waals surface area contributed by atoms with Crippen LogP contribution in [0.2, 0.25) is 0 Å². The number of carbonyl (C=O) groups is 1. The second-order valence-corrected chi connectivity index (χ2v) is 6.41. The molecule has 6 heteroatoms. The van der Waals surface area contributed by atoms with Crippen LogP contribution >= 0.6 is 15.9 Å². The van der Waals surface area contributed by atoms with Gasteiger partial charge in [-0.1, -0.05) is 0 Å². The number of furan rings is 1. The number of pyridine rings is 1. The molecule has 1 amide bonds. The third-order valence-electron chi connectivity index (χ3n) is 4.30. The van der Waals surface area contributed by atoms with Gasteiger partial charge in [0.05, 0.1) is 4.47 Å². The van der Waals surface area contributed by atoms with Crippen LogP contribution < -0.4 is 10.6 Å². The Balaban J connectivity index is 1.61. The standard InChI is InChI=1S/C14H14BrN3O2/c15-9-6-20-13-8(9)1-2-16-12(13)14(19)18-11-4-7-3-10(11)17-5-7/h1-2,6-7,10-11,17H,3-5H2,(H,18,19). The van der Waals surface area contributed by atoms with Crippen molar-refractivity contribution >= 4 is 32.8 Å².